The van der Waals surface area contributed by atoms with E-state index in [9.17, 15) is 0 Å². The molecule has 0 aromatic heterocycles. The summed E-state index contributed by atoms with van der Waals surface area (Å²) in [7, 11) is 0. The normalized spacial score (nSPS) is 12.2. The lowest BCUT2D eigenvalue weighted by Crippen LogP contribution is -1.93. The van der Waals surface area contributed by atoms with Gasteiger partial charge in [0, 0.05) is 0 Å². The minimum atomic E-state index is 0.755. The van der Waals surface area contributed by atoms with E-state index in [1.165, 1.54) is 19.3 Å². The van der Waals surface area contributed by atoms with Gasteiger partial charge in [0.2, 0.25) is 0 Å². The zero-order chi connectivity index (χ0) is 12.3. The van der Waals surface area contributed by atoms with Crippen molar-refractivity contribution in [3.63, 3.8) is 0 Å². The van der Waals surface area contributed by atoms with Crippen molar-refractivity contribution in [2.75, 3.05) is 0 Å². The highest BCUT2D eigenvalue weighted by Crippen LogP contribution is 2.06. The molecule has 0 fully saturated rings. The number of oxime groups is 1. The van der Waals surface area contributed by atoms with E-state index in [4.69, 9.17) is 5.21 Å². The van der Waals surface area contributed by atoms with E-state index in [0.717, 1.165) is 24.1 Å². The first-order valence-electron chi connectivity index (χ1n) is 6.31. The summed E-state index contributed by atoms with van der Waals surface area (Å²) in [6.07, 6.45) is 9.49. The van der Waals surface area contributed by atoms with Gasteiger partial charge in [0.1, 0.15) is 0 Å². The number of nitrogens with zero attached hydrogens (tertiary/aromatic N) is 1. The maximum absolute atomic E-state index is 8.90. The first kappa shape index (κ1) is 13.5. The Balaban J connectivity index is 2.39. The van der Waals surface area contributed by atoms with Crippen molar-refractivity contribution in [3.05, 3.63) is 42.0 Å². The van der Waals surface area contributed by atoms with E-state index in [2.05, 4.69) is 12.1 Å². The topological polar surface area (TPSA) is 32.6 Å². The fourth-order valence-corrected chi connectivity index (χ4v) is 1.66. The summed E-state index contributed by atoms with van der Waals surface area (Å²) >= 11 is 0. The number of unbranched alkanes of at least 4 members (excludes halogenated alkanes) is 3. The van der Waals surface area contributed by atoms with Crippen molar-refractivity contribution in [1.82, 2.24) is 0 Å². The molecule has 0 aliphatic heterocycles. The first-order valence-corrected chi connectivity index (χ1v) is 6.31. The van der Waals surface area contributed by atoms with Crippen molar-refractivity contribution >= 4 is 11.8 Å². The Morgan fingerprint density at radius 2 is 1.94 bits per heavy atom. The standard InChI is InChI=1S/C15H21NO/c1-2-3-4-8-11-15(16-17)13-12-14-9-6-5-7-10-14/h5-7,9-10,12-13,17H,2-4,8,11H2,1H3/b13-12+,16-15-. The van der Waals surface area contributed by atoms with Crippen molar-refractivity contribution < 1.29 is 5.21 Å². The number of allylic oxidation sites excluding steroid dienone is 1. The van der Waals surface area contributed by atoms with Crippen LogP contribution in [0.15, 0.2) is 41.6 Å². The zero-order valence-corrected chi connectivity index (χ0v) is 10.5. The SMILES string of the molecule is CCCCCCC(/C=C/c1ccccc1)=N/O. The minimum absolute atomic E-state index is 0.755. The lowest BCUT2D eigenvalue weighted by molar-refractivity contribution is 0.318. The monoisotopic (exact) mass is 231 g/mol. The lowest BCUT2D eigenvalue weighted by Gasteiger charge is -1.99. The Bertz CT molecular complexity index is 354. The molecule has 0 aliphatic carbocycles. The summed E-state index contributed by atoms with van der Waals surface area (Å²) in [5.74, 6) is 0. The molecule has 0 aliphatic rings. The summed E-state index contributed by atoms with van der Waals surface area (Å²) in [5.41, 5.74) is 1.88. The maximum atomic E-state index is 8.90. The summed E-state index contributed by atoms with van der Waals surface area (Å²) in [6, 6.07) is 10.0. The van der Waals surface area contributed by atoms with Crippen molar-refractivity contribution in [2.24, 2.45) is 5.16 Å². The molecule has 0 saturated carbocycles. The van der Waals surface area contributed by atoms with Crippen LogP contribution in [0.25, 0.3) is 6.08 Å². The van der Waals surface area contributed by atoms with Gasteiger partial charge in [0.15, 0.2) is 0 Å². The third kappa shape index (κ3) is 5.91. The Hall–Kier alpha value is -1.57. The predicted molar refractivity (Wildman–Crippen MR) is 73.5 cm³/mol. The Morgan fingerprint density at radius 3 is 2.59 bits per heavy atom. The van der Waals surface area contributed by atoms with E-state index < -0.39 is 0 Å². The summed E-state index contributed by atoms with van der Waals surface area (Å²) in [4.78, 5) is 0. The molecule has 0 radical (unpaired) electrons. The average Bonchev–Trinajstić information content (AvgIpc) is 2.39. The van der Waals surface area contributed by atoms with E-state index >= 15 is 0 Å². The molecular formula is C15H21NO. The number of hydrogen-bond acceptors (Lipinski definition) is 2. The third-order valence-corrected chi connectivity index (χ3v) is 2.68. The molecule has 0 spiro atoms. The van der Waals surface area contributed by atoms with Crippen LogP contribution in [0.3, 0.4) is 0 Å². The van der Waals surface area contributed by atoms with Crippen LogP contribution in [-0.2, 0) is 0 Å². The molecule has 2 heteroatoms. The van der Waals surface area contributed by atoms with Gasteiger partial charge in [-0.15, -0.1) is 0 Å². The van der Waals surface area contributed by atoms with Crippen LogP contribution in [0.4, 0.5) is 0 Å². The van der Waals surface area contributed by atoms with Crippen LogP contribution >= 0.6 is 0 Å². The first-order chi connectivity index (χ1) is 8.36. The van der Waals surface area contributed by atoms with Gasteiger partial charge in [-0.2, -0.15) is 0 Å². The van der Waals surface area contributed by atoms with Crippen LogP contribution < -0.4 is 0 Å². The van der Waals surface area contributed by atoms with E-state index in [0.29, 0.717) is 0 Å². The second-order valence-corrected chi connectivity index (χ2v) is 4.15. The maximum Gasteiger partial charge on any atom is 0.0795 e. The third-order valence-electron chi connectivity index (χ3n) is 2.68. The van der Waals surface area contributed by atoms with E-state index in [-0.39, 0.29) is 0 Å². The molecule has 0 saturated heterocycles. The van der Waals surface area contributed by atoms with E-state index in [1.807, 2.05) is 42.5 Å². The zero-order valence-electron chi connectivity index (χ0n) is 10.5. The van der Waals surface area contributed by atoms with Gasteiger partial charge in [-0.25, -0.2) is 0 Å². The van der Waals surface area contributed by atoms with Crippen LogP contribution in [-0.4, -0.2) is 10.9 Å². The molecule has 0 heterocycles. The molecule has 17 heavy (non-hydrogen) atoms. The molecule has 92 valence electrons. The van der Waals surface area contributed by atoms with Crippen LogP contribution in [0.2, 0.25) is 0 Å². The van der Waals surface area contributed by atoms with Crippen LogP contribution in [0.5, 0.6) is 0 Å². The van der Waals surface area contributed by atoms with Crippen LogP contribution in [0, 0.1) is 0 Å². The molecule has 1 rings (SSSR count). The molecule has 0 bridgehead atoms. The smallest absolute Gasteiger partial charge is 0.0795 e. The molecule has 0 unspecified atom stereocenters. The van der Waals surface area contributed by atoms with Gasteiger partial charge in [-0.05, 0) is 24.5 Å². The van der Waals surface area contributed by atoms with Crippen molar-refractivity contribution in [2.45, 2.75) is 39.0 Å². The summed E-state index contributed by atoms with van der Waals surface area (Å²) in [6.45, 7) is 2.19. The molecule has 0 atom stereocenters. The molecule has 2 nitrogen and oxygen atoms in total. The number of hydrogen-bond donors (Lipinski definition) is 1. The number of benzene rings is 1. The Labute approximate surface area is 104 Å². The fourth-order valence-electron chi connectivity index (χ4n) is 1.66. The second-order valence-electron chi connectivity index (χ2n) is 4.15. The summed E-state index contributed by atoms with van der Waals surface area (Å²) in [5, 5.41) is 12.2. The summed E-state index contributed by atoms with van der Waals surface area (Å²) < 4.78 is 0. The highest BCUT2D eigenvalue weighted by molar-refractivity contribution is 5.97. The molecule has 1 N–H and O–H groups in total. The molecule has 1 aromatic carbocycles. The van der Waals surface area contributed by atoms with Gasteiger partial charge in [-0.1, -0.05) is 67.7 Å². The second kappa shape index (κ2) is 8.57. The van der Waals surface area contributed by atoms with Gasteiger partial charge in [-0.3, -0.25) is 0 Å². The predicted octanol–water partition coefficient (Wildman–Crippen LogP) is 4.50. The van der Waals surface area contributed by atoms with Gasteiger partial charge in [0.25, 0.3) is 0 Å². The van der Waals surface area contributed by atoms with Gasteiger partial charge >= 0.3 is 0 Å². The minimum Gasteiger partial charge on any atom is -0.411 e. The highest BCUT2D eigenvalue weighted by Gasteiger charge is 1.95. The van der Waals surface area contributed by atoms with Crippen molar-refractivity contribution in [1.29, 1.82) is 0 Å². The average molecular weight is 231 g/mol. The van der Waals surface area contributed by atoms with Gasteiger partial charge in [0.05, 0.1) is 5.71 Å². The Kier molecular flexibility index (Phi) is 6.80. The van der Waals surface area contributed by atoms with Crippen molar-refractivity contribution in [3.8, 4) is 0 Å². The molecule has 0 amide bonds. The quantitative estimate of drug-likeness (QED) is 0.318. The number of rotatable bonds is 7. The molecule has 1 aromatic rings. The fraction of sp³-hybridized carbons (Fsp3) is 0.400. The Morgan fingerprint density at radius 1 is 1.18 bits per heavy atom. The van der Waals surface area contributed by atoms with Gasteiger partial charge < -0.3 is 5.21 Å². The molecular weight excluding hydrogens is 210 g/mol. The lowest BCUT2D eigenvalue weighted by atomic mass is 10.1. The van der Waals surface area contributed by atoms with Crippen LogP contribution in [0.1, 0.15) is 44.6 Å². The van der Waals surface area contributed by atoms with E-state index in [1.54, 1.807) is 0 Å². The largest absolute Gasteiger partial charge is 0.411 e. The highest BCUT2D eigenvalue weighted by atomic mass is 16.4.